The maximum absolute atomic E-state index is 12.5. The Balaban J connectivity index is 0. The fraction of sp³-hybridized carbons (Fsp3) is 0.851. The number of ether oxygens (including phenoxy) is 5. The van der Waals surface area contributed by atoms with Crippen LogP contribution in [0.1, 0.15) is 196 Å². The van der Waals surface area contributed by atoms with E-state index in [4.69, 9.17) is 23.7 Å². The van der Waals surface area contributed by atoms with Crippen LogP contribution in [-0.4, -0.2) is 87.1 Å². The van der Waals surface area contributed by atoms with E-state index in [1.54, 1.807) is 0 Å². The number of carbonyl (C=O) groups is 3. The number of aliphatic hydroxyl groups is 1. The molecule has 0 amide bonds. The highest BCUT2D eigenvalue weighted by Crippen LogP contribution is 2.11. The molecule has 0 aliphatic carbocycles. The third-order valence-corrected chi connectivity index (χ3v) is 9.57. The summed E-state index contributed by atoms with van der Waals surface area (Å²) in [6.07, 6.45) is 31.3. The maximum atomic E-state index is 12.5. The third kappa shape index (κ3) is 44.5. The van der Waals surface area contributed by atoms with Gasteiger partial charge in [-0.15, -0.1) is 0 Å². The van der Waals surface area contributed by atoms with Gasteiger partial charge >= 0.3 is 18.1 Å². The first-order valence-corrected chi connectivity index (χ1v) is 23.2. The van der Waals surface area contributed by atoms with Gasteiger partial charge in [-0.25, -0.2) is 4.79 Å². The molecule has 1 N–H and O–H groups in total. The SMILES string of the molecule is CCCCC.CCCCC/C=C\C/C=C\CCCCCCCC(=O)OCC(COC(=O)CCC(O)OCCCCCCCC)COC(=O)OCCCN(CC)CC. The van der Waals surface area contributed by atoms with Gasteiger partial charge in [0, 0.05) is 26.0 Å². The molecule has 0 aromatic heterocycles. The Kier molecular flexibility index (Phi) is 46.0. The molecular weight excluding hydrogens is 723 g/mol. The highest BCUT2D eigenvalue weighted by atomic mass is 16.7. The van der Waals surface area contributed by atoms with Crippen molar-refractivity contribution in [2.75, 3.05) is 52.7 Å². The minimum absolute atomic E-state index is 0.0214. The Morgan fingerprint density at radius 3 is 1.63 bits per heavy atom. The molecule has 0 radical (unpaired) electrons. The number of carbonyl (C=O) groups excluding carboxylic acids is 3. The third-order valence-electron chi connectivity index (χ3n) is 9.57. The first-order valence-electron chi connectivity index (χ1n) is 23.2. The van der Waals surface area contributed by atoms with Crippen molar-refractivity contribution in [2.24, 2.45) is 5.92 Å². The van der Waals surface area contributed by atoms with Crippen LogP contribution < -0.4 is 0 Å². The van der Waals surface area contributed by atoms with E-state index in [0.717, 1.165) is 83.8 Å². The van der Waals surface area contributed by atoms with Crippen molar-refractivity contribution in [3.63, 3.8) is 0 Å². The van der Waals surface area contributed by atoms with Gasteiger partial charge in [-0.1, -0.05) is 149 Å². The zero-order valence-electron chi connectivity index (χ0n) is 37.8. The Morgan fingerprint density at radius 1 is 0.526 bits per heavy atom. The van der Waals surface area contributed by atoms with Crippen LogP contribution in [0.2, 0.25) is 0 Å². The van der Waals surface area contributed by atoms with Crippen molar-refractivity contribution in [2.45, 2.75) is 202 Å². The summed E-state index contributed by atoms with van der Waals surface area (Å²) in [4.78, 5) is 39.3. The number of nitrogens with zero attached hydrogens (tertiary/aromatic N) is 1. The minimum Gasteiger partial charge on any atom is -0.465 e. The summed E-state index contributed by atoms with van der Waals surface area (Å²) in [5.41, 5.74) is 0. The van der Waals surface area contributed by atoms with E-state index in [1.165, 1.54) is 64.2 Å². The molecule has 336 valence electrons. The van der Waals surface area contributed by atoms with E-state index >= 15 is 0 Å². The first kappa shape index (κ1) is 56.7. The standard InChI is InChI=1S/C42H77NO9.C5H12/c1-5-9-11-13-15-16-17-18-19-20-21-22-23-24-26-29-39(44)50-35-38(37-52-42(47)49-34-28-32-43(7-3)8-4)36-51-41(46)31-30-40(45)48-33-27-25-14-12-10-6-2;1-3-5-4-2/h15-16,18-19,38,40,45H,5-14,17,20-37H2,1-4H3;3-5H2,1-2H3/b16-15-,19-18-;. The molecule has 10 nitrogen and oxygen atoms in total. The molecule has 0 spiro atoms. The van der Waals surface area contributed by atoms with Crippen LogP contribution in [-0.2, 0) is 33.3 Å². The number of esters is 2. The van der Waals surface area contributed by atoms with Crippen molar-refractivity contribution in [1.82, 2.24) is 4.90 Å². The van der Waals surface area contributed by atoms with Gasteiger partial charge in [-0.3, -0.25) is 9.59 Å². The Bertz CT molecular complexity index is 936. The van der Waals surface area contributed by atoms with Gasteiger partial charge < -0.3 is 33.7 Å². The summed E-state index contributed by atoms with van der Waals surface area (Å²) in [5, 5.41) is 10.1. The van der Waals surface area contributed by atoms with E-state index in [0.29, 0.717) is 19.4 Å². The predicted octanol–water partition coefficient (Wildman–Crippen LogP) is 12.1. The van der Waals surface area contributed by atoms with E-state index in [-0.39, 0.29) is 45.2 Å². The molecule has 0 bridgehead atoms. The molecule has 0 saturated carbocycles. The molecule has 2 unspecified atom stereocenters. The summed E-state index contributed by atoms with van der Waals surface area (Å²) in [6, 6.07) is 0. The fourth-order valence-electron chi connectivity index (χ4n) is 5.78. The van der Waals surface area contributed by atoms with Crippen LogP contribution in [0.5, 0.6) is 0 Å². The van der Waals surface area contributed by atoms with Crippen molar-refractivity contribution in [3.8, 4) is 0 Å². The second-order valence-electron chi connectivity index (χ2n) is 15.0. The van der Waals surface area contributed by atoms with Crippen LogP contribution in [0.15, 0.2) is 24.3 Å². The molecule has 0 aliphatic heterocycles. The van der Waals surface area contributed by atoms with E-state index in [2.05, 4.69) is 70.7 Å². The number of hydrogen-bond donors (Lipinski definition) is 1. The lowest BCUT2D eigenvalue weighted by molar-refractivity contribution is -0.153. The molecule has 2 atom stereocenters. The summed E-state index contributed by atoms with van der Waals surface area (Å²) < 4.78 is 26.8. The molecule has 0 heterocycles. The van der Waals surface area contributed by atoms with Crippen LogP contribution in [0.4, 0.5) is 4.79 Å². The second-order valence-corrected chi connectivity index (χ2v) is 15.0. The fourth-order valence-corrected chi connectivity index (χ4v) is 5.78. The lowest BCUT2D eigenvalue weighted by atomic mass is 10.1. The molecule has 0 aromatic carbocycles. The number of aliphatic hydroxyl groups excluding tert-OH is 1. The van der Waals surface area contributed by atoms with Crippen molar-refractivity contribution >= 4 is 18.1 Å². The van der Waals surface area contributed by atoms with Crippen molar-refractivity contribution < 1.29 is 43.2 Å². The Hall–Kier alpha value is -2.43. The number of allylic oxidation sites excluding steroid dienone is 4. The quantitative estimate of drug-likeness (QED) is 0.0211. The van der Waals surface area contributed by atoms with Crippen LogP contribution >= 0.6 is 0 Å². The van der Waals surface area contributed by atoms with Gasteiger partial charge in [-0.2, -0.15) is 0 Å². The molecule has 0 aromatic rings. The predicted molar refractivity (Wildman–Crippen MR) is 234 cm³/mol. The molecule has 0 rings (SSSR count). The summed E-state index contributed by atoms with van der Waals surface area (Å²) in [7, 11) is 0. The van der Waals surface area contributed by atoms with Crippen LogP contribution in [0.25, 0.3) is 0 Å². The molecule has 0 saturated heterocycles. The zero-order valence-corrected chi connectivity index (χ0v) is 37.8. The molecule has 0 aliphatic rings. The van der Waals surface area contributed by atoms with Gasteiger partial charge in [0.15, 0.2) is 6.29 Å². The second kappa shape index (κ2) is 46.3. The minimum atomic E-state index is -1.03. The van der Waals surface area contributed by atoms with Crippen molar-refractivity contribution in [1.29, 1.82) is 0 Å². The van der Waals surface area contributed by atoms with Gasteiger partial charge in [0.1, 0.15) is 19.8 Å². The van der Waals surface area contributed by atoms with Crippen LogP contribution in [0.3, 0.4) is 0 Å². The number of hydrogen-bond acceptors (Lipinski definition) is 10. The van der Waals surface area contributed by atoms with Gasteiger partial charge in [-0.05, 0) is 64.5 Å². The Morgan fingerprint density at radius 2 is 1.04 bits per heavy atom. The van der Waals surface area contributed by atoms with Gasteiger partial charge in [0.05, 0.1) is 18.9 Å². The lowest BCUT2D eigenvalue weighted by Crippen LogP contribution is -2.27. The highest BCUT2D eigenvalue weighted by molar-refractivity contribution is 5.69. The highest BCUT2D eigenvalue weighted by Gasteiger charge is 2.19. The van der Waals surface area contributed by atoms with Gasteiger partial charge in [0.2, 0.25) is 0 Å². The van der Waals surface area contributed by atoms with Crippen molar-refractivity contribution in [3.05, 3.63) is 24.3 Å². The smallest absolute Gasteiger partial charge is 0.465 e. The molecule has 57 heavy (non-hydrogen) atoms. The first-order chi connectivity index (χ1) is 27.8. The largest absolute Gasteiger partial charge is 0.508 e. The topological polar surface area (TPSA) is 121 Å². The zero-order chi connectivity index (χ0) is 42.5. The maximum Gasteiger partial charge on any atom is 0.508 e. The molecule has 0 fully saturated rings. The average molecular weight is 812 g/mol. The van der Waals surface area contributed by atoms with Crippen LogP contribution in [0, 0.1) is 5.92 Å². The molecule has 10 heteroatoms. The number of rotatable bonds is 39. The summed E-state index contributed by atoms with van der Waals surface area (Å²) >= 11 is 0. The average Bonchev–Trinajstić information content (AvgIpc) is 3.21. The normalized spacial score (nSPS) is 12.4. The van der Waals surface area contributed by atoms with E-state index < -0.39 is 24.3 Å². The number of unbranched alkanes of at least 4 members (excludes halogenated alkanes) is 15. The lowest BCUT2D eigenvalue weighted by Gasteiger charge is -2.19. The molecular formula is C47H89NO9. The Labute approximate surface area is 350 Å². The summed E-state index contributed by atoms with van der Waals surface area (Å²) in [6.45, 7) is 16.1. The van der Waals surface area contributed by atoms with E-state index in [9.17, 15) is 19.5 Å². The monoisotopic (exact) mass is 812 g/mol. The summed E-state index contributed by atoms with van der Waals surface area (Å²) in [5.74, 6) is -1.39. The van der Waals surface area contributed by atoms with Gasteiger partial charge in [0.25, 0.3) is 0 Å². The van der Waals surface area contributed by atoms with E-state index in [1.807, 2.05) is 0 Å².